The lowest BCUT2D eigenvalue weighted by Gasteiger charge is -2.14. The van der Waals surface area contributed by atoms with Gasteiger partial charge in [-0.05, 0) is 31.2 Å². The summed E-state index contributed by atoms with van der Waals surface area (Å²) in [6.45, 7) is 1.69. The third-order valence-electron chi connectivity index (χ3n) is 3.06. The Morgan fingerprint density at radius 3 is 2.79 bits per heavy atom. The number of hydrogen-bond donors (Lipinski definition) is 2. The minimum Gasteiger partial charge on any atom is -0.347 e. The fourth-order valence-electron chi connectivity index (χ4n) is 1.94. The zero-order chi connectivity index (χ0) is 14.0. The maximum absolute atomic E-state index is 13.8. The van der Waals surface area contributed by atoms with Crippen molar-refractivity contribution in [1.82, 2.24) is 5.32 Å². The van der Waals surface area contributed by atoms with Crippen molar-refractivity contribution < 1.29 is 12.8 Å². The van der Waals surface area contributed by atoms with Crippen LogP contribution in [0.1, 0.15) is 6.42 Å². The van der Waals surface area contributed by atoms with Gasteiger partial charge in [0.2, 0.25) is 0 Å². The number of halogens is 1. The predicted octanol–water partition coefficient (Wildman–Crippen LogP) is 1.58. The van der Waals surface area contributed by atoms with E-state index in [0.717, 1.165) is 31.8 Å². The summed E-state index contributed by atoms with van der Waals surface area (Å²) >= 11 is 5.23. The van der Waals surface area contributed by atoms with Gasteiger partial charge in [0.05, 0.1) is 15.6 Å². The van der Waals surface area contributed by atoms with Crippen LogP contribution in [0.25, 0.3) is 0 Å². The first kappa shape index (κ1) is 14.4. The molecule has 1 aliphatic rings. The first-order valence-corrected chi connectivity index (χ1v) is 8.19. The highest BCUT2D eigenvalue weighted by molar-refractivity contribution is 7.90. The monoisotopic (exact) mass is 302 g/mol. The maximum atomic E-state index is 13.8. The number of sulfone groups is 1. The summed E-state index contributed by atoms with van der Waals surface area (Å²) in [7, 11) is -3.40. The number of thiocarbonyl (C=S) groups is 1. The highest BCUT2D eigenvalue weighted by atomic mass is 32.2. The van der Waals surface area contributed by atoms with Gasteiger partial charge >= 0.3 is 0 Å². The molecule has 1 fully saturated rings. The van der Waals surface area contributed by atoms with Crippen molar-refractivity contribution in [3.63, 3.8) is 0 Å². The maximum Gasteiger partial charge on any atom is 0.175 e. The Kier molecular flexibility index (Phi) is 4.17. The lowest BCUT2D eigenvalue weighted by atomic mass is 10.1. The van der Waals surface area contributed by atoms with Crippen molar-refractivity contribution in [3.8, 4) is 0 Å². The summed E-state index contributed by atoms with van der Waals surface area (Å²) in [5, 5.41) is 6.03. The molecule has 0 unspecified atom stereocenters. The number of rotatable bonds is 3. The molecule has 0 radical (unpaired) electrons. The van der Waals surface area contributed by atoms with Crippen LogP contribution < -0.4 is 10.6 Å². The molecule has 0 amide bonds. The number of hydrogen-bond acceptors (Lipinski definition) is 4. The van der Waals surface area contributed by atoms with E-state index < -0.39 is 15.7 Å². The van der Waals surface area contributed by atoms with Crippen molar-refractivity contribution in [2.75, 3.05) is 24.7 Å². The molecule has 0 aromatic heterocycles. The van der Waals surface area contributed by atoms with Crippen LogP contribution in [0.15, 0.2) is 23.1 Å². The van der Waals surface area contributed by atoms with Crippen LogP contribution in [0.4, 0.5) is 10.1 Å². The average molecular weight is 302 g/mol. The van der Waals surface area contributed by atoms with Crippen LogP contribution in [0.5, 0.6) is 0 Å². The van der Waals surface area contributed by atoms with E-state index in [2.05, 4.69) is 10.6 Å². The molecule has 1 aromatic carbocycles. The zero-order valence-corrected chi connectivity index (χ0v) is 12.1. The van der Waals surface area contributed by atoms with Crippen LogP contribution in [0.2, 0.25) is 0 Å². The normalized spacial score (nSPS) is 19.4. The molecule has 0 spiro atoms. The molecule has 0 bridgehead atoms. The Hall–Kier alpha value is -1.05. The number of benzene rings is 1. The van der Waals surface area contributed by atoms with E-state index in [0.29, 0.717) is 4.99 Å². The Morgan fingerprint density at radius 2 is 2.26 bits per heavy atom. The van der Waals surface area contributed by atoms with E-state index in [1.165, 1.54) is 12.1 Å². The fraction of sp³-hybridized carbons (Fsp3) is 0.417. The van der Waals surface area contributed by atoms with Crippen molar-refractivity contribution in [3.05, 3.63) is 24.0 Å². The second-order valence-corrected chi connectivity index (χ2v) is 7.05. The van der Waals surface area contributed by atoms with Gasteiger partial charge in [-0.1, -0.05) is 12.2 Å². The Balaban J connectivity index is 2.15. The second kappa shape index (κ2) is 5.52. The molecule has 4 nitrogen and oxygen atoms in total. The smallest absolute Gasteiger partial charge is 0.175 e. The van der Waals surface area contributed by atoms with E-state index in [-0.39, 0.29) is 16.5 Å². The molecule has 2 rings (SSSR count). The Morgan fingerprint density at radius 1 is 1.53 bits per heavy atom. The summed E-state index contributed by atoms with van der Waals surface area (Å²) in [6, 6.07) is 3.78. The van der Waals surface area contributed by atoms with E-state index in [4.69, 9.17) is 12.2 Å². The lowest BCUT2D eigenvalue weighted by molar-refractivity contribution is 0.596. The topological polar surface area (TPSA) is 58.2 Å². The first-order valence-electron chi connectivity index (χ1n) is 5.89. The fourth-order valence-corrected chi connectivity index (χ4v) is 2.88. The molecule has 1 heterocycles. The highest BCUT2D eigenvalue weighted by Gasteiger charge is 2.20. The summed E-state index contributed by atoms with van der Waals surface area (Å²) in [4.78, 5) is 0.542. The van der Waals surface area contributed by atoms with Crippen LogP contribution in [0.3, 0.4) is 0 Å². The summed E-state index contributed by atoms with van der Waals surface area (Å²) in [5.74, 6) is -0.416. The van der Waals surface area contributed by atoms with Gasteiger partial charge in [-0.15, -0.1) is 0 Å². The molecule has 0 aliphatic carbocycles. The van der Waals surface area contributed by atoms with E-state index >= 15 is 0 Å². The minimum atomic E-state index is -3.40. The molecular weight excluding hydrogens is 287 g/mol. The van der Waals surface area contributed by atoms with Gasteiger partial charge < -0.3 is 10.6 Å². The van der Waals surface area contributed by atoms with Crippen LogP contribution >= 0.6 is 12.2 Å². The lowest BCUT2D eigenvalue weighted by Crippen LogP contribution is -2.23. The molecule has 1 atom stereocenters. The van der Waals surface area contributed by atoms with Gasteiger partial charge in [-0.25, -0.2) is 12.8 Å². The second-order valence-electron chi connectivity index (χ2n) is 4.59. The number of anilines is 1. The number of nitrogens with one attached hydrogen (secondary N) is 2. The van der Waals surface area contributed by atoms with Gasteiger partial charge in [0.1, 0.15) is 5.82 Å². The molecule has 19 heavy (non-hydrogen) atoms. The summed E-state index contributed by atoms with van der Waals surface area (Å²) in [5.41, 5.74) is 0.212. The Labute approximate surface area is 117 Å². The molecule has 1 aliphatic heterocycles. The largest absolute Gasteiger partial charge is 0.347 e. The molecule has 1 saturated heterocycles. The average Bonchev–Trinajstić information content (AvgIpc) is 2.84. The van der Waals surface area contributed by atoms with Gasteiger partial charge in [-0.2, -0.15) is 0 Å². The third kappa shape index (κ3) is 3.49. The standard InChI is InChI=1S/C12H15FN2O2S2/c1-19(16,17)9-2-3-11(10(13)6-9)15-12(18)8-4-5-14-7-8/h2-3,6,8,14H,4-5,7H2,1H3,(H,15,18)/t8-/m0/s1. The minimum absolute atomic E-state index is 0.0380. The Bertz CT molecular complexity index is 596. The van der Waals surface area contributed by atoms with Crippen molar-refractivity contribution >= 4 is 32.7 Å². The highest BCUT2D eigenvalue weighted by Crippen LogP contribution is 2.21. The summed E-state index contributed by atoms with van der Waals surface area (Å²) < 4.78 is 36.4. The summed E-state index contributed by atoms with van der Waals surface area (Å²) in [6.07, 6.45) is 1.97. The SMILES string of the molecule is CS(=O)(=O)c1ccc(NC(=S)[C@H]2CCNC2)c(F)c1. The molecule has 104 valence electrons. The molecular formula is C12H15FN2O2S2. The van der Waals surface area contributed by atoms with Crippen LogP contribution in [0, 0.1) is 11.7 Å². The first-order chi connectivity index (χ1) is 8.88. The molecule has 7 heteroatoms. The van der Waals surface area contributed by atoms with Crippen LogP contribution in [-0.2, 0) is 9.84 Å². The van der Waals surface area contributed by atoms with Gasteiger partial charge in [0.25, 0.3) is 0 Å². The van der Waals surface area contributed by atoms with Crippen molar-refractivity contribution in [2.45, 2.75) is 11.3 Å². The third-order valence-corrected chi connectivity index (χ3v) is 4.60. The molecule has 1 aromatic rings. The zero-order valence-electron chi connectivity index (χ0n) is 10.4. The van der Waals surface area contributed by atoms with Gasteiger partial charge in [0, 0.05) is 18.7 Å². The van der Waals surface area contributed by atoms with Gasteiger partial charge in [0.15, 0.2) is 9.84 Å². The van der Waals surface area contributed by atoms with E-state index in [9.17, 15) is 12.8 Å². The molecule has 2 N–H and O–H groups in total. The van der Waals surface area contributed by atoms with Crippen LogP contribution in [-0.4, -0.2) is 32.8 Å². The quantitative estimate of drug-likeness (QED) is 0.830. The van der Waals surface area contributed by atoms with Gasteiger partial charge in [-0.3, -0.25) is 0 Å². The predicted molar refractivity (Wildman–Crippen MR) is 76.7 cm³/mol. The molecule has 0 saturated carbocycles. The van der Waals surface area contributed by atoms with Crippen molar-refractivity contribution in [2.24, 2.45) is 5.92 Å². The van der Waals surface area contributed by atoms with E-state index in [1.54, 1.807) is 0 Å². The van der Waals surface area contributed by atoms with Crippen molar-refractivity contribution in [1.29, 1.82) is 0 Å². The van der Waals surface area contributed by atoms with E-state index in [1.807, 2.05) is 0 Å².